The number of amides is 3. The molecule has 0 aromatic rings. The Morgan fingerprint density at radius 1 is 1.50 bits per heavy atom. The van der Waals surface area contributed by atoms with E-state index in [0.717, 1.165) is 6.42 Å². The van der Waals surface area contributed by atoms with Crippen LogP contribution in [-0.4, -0.2) is 43.0 Å². The van der Waals surface area contributed by atoms with E-state index in [4.69, 9.17) is 5.26 Å². The van der Waals surface area contributed by atoms with Crippen LogP contribution in [0.4, 0.5) is 4.79 Å². The van der Waals surface area contributed by atoms with Gasteiger partial charge in [0.25, 0.3) is 0 Å². The van der Waals surface area contributed by atoms with Gasteiger partial charge in [-0.25, -0.2) is 4.79 Å². The first-order valence-corrected chi connectivity index (χ1v) is 5.20. The number of rotatable bonds is 5. The van der Waals surface area contributed by atoms with Crippen LogP contribution in [0.5, 0.6) is 0 Å². The zero-order valence-corrected chi connectivity index (χ0v) is 9.91. The van der Waals surface area contributed by atoms with E-state index in [1.54, 1.807) is 11.8 Å². The van der Waals surface area contributed by atoms with E-state index in [-0.39, 0.29) is 6.54 Å². The summed E-state index contributed by atoms with van der Waals surface area (Å²) in [6.07, 6.45) is 0.847. The molecule has 6 nitrogen and oxygen atoms in total. The van der Waals surface area contributed by atoms with Crippen molar-refractivity contribution >= 4 is 11.9 Å². The van der Waals surface area contributed by atoms with Crippen LogP contribution in [0, 0.1) is 11.3 Å². The van der Waals surface area contributed by atoms with Crippen molar-refractivity contribution in [1.82, 2.24) is 15.5 Å². The average molecular weight is 226 g/mol. The van der Waals surface area contributed by atoms with Crippen molar-refractivity contribution in [3.05, 3.63) is 0 Å². The summed E-state index contributed by atoms with van der Waals surface area (Å²) in [5, 5.41) is 13.1. The quantitative estimate of drug-likeness (QED) is 0.649. The summed E-state index contributed by atoms with van der Waals surface area (Å²) in [5.41, 5.74) is 0. The highest BCUT2D eigenvalue weighted by Crippen LogP contribution is 2.00. The number of carbonyl (C=O) groups is 2. The first-order valence-electron chi connectivity index (χ1n) is 5.20. The minimum absolute atomic E-state index is 0.177. The number of urea groups is 1. The zero-order valence-electron chi connectivity index (χ0n) is 9.91. The molecule has 1 unspecified atom stereocenters. The number of nitrogens with zero attached hydrogens (tertiary/aromatic N) is 2. The number of imide groups is 1. The van der Waals surface area contributed by atoms with Gasteiger partial charge in [-0.15, -0.1) is 0 Å². The smallest absolute Gasteiger partial charge is 0.321 e. The van der Waals surface area contributed by atoms with Gasteiger partial charge in [0, 0.05) is 7.05 Å². The Kier molecular flexibility index (Phi) is 6.88. The van der Waals surface area contributed by atoms with Crippen LogP contribution < -0.4 is 10.6 Å². The summed E-state index contributed by atoms with van der Waals surface area (Å²) in [6.45, 7) is 4.46. The molecule has 0 aliphatic heterocycles. The average Bonchev–Trinajstić information content (AvgIpc) is 2.27. The first kappa shape index (κ1) is 14.4. The largest absolute Gasteiger partial charge is 0.341 e. The Morgan fingerprint density at radius 3 is 2.56 bits per heavy atom. The second-order valence-electron chi connectivity index (χ2n) is 3.37. The molecule has 0 fully saturated rings. The molecule has 0 heterocycles. The van der Waals surface area contributed by atoms with Gasteiger partial charge >= 0.3 is 6.03 Å². The highest BCUT2D eigenvalue weighted by molar-refractivity contribution is 5.96. The number of carbonyl (C=O) groups excluding carboxylic acids is 2. The normalized spacial score (nSPS) is 11.7. The highest BCUT2D eigenvalue weighted by Gasteiger charge is 2.21. The van der Waals surface area contributed by atoms with Crippen molar-refractivity contribution in [2.24, 2.45) is 0 Å². The first-order chi connectivity index (χ1) is 7.56. The number of nitrogens with one attached hydrogen (secondary N) is 2. The third-order valence-corrected chi connectivity index (χ3v) is 2.18. The molecule has 0 saturated heterocycles. The molecule has 0 aromatic carbocycles. The predicted molar refractivity (Wildman–Crippen MR) is 59.5 cm³/mol. The summed E-state index contributed by atoms with van der Waals surface area (Å²) in [4.78, 5) is 24.2. The molecule has 0 spiro atoms. The Hall–Kier alpha value is -1.61. The van der Waals surface area contributed by atoms with Gasteiger partial charge in [-0.3, -0.25) is 15.0 Å². The molecule has 0 aliphatic carbocycles. The maximum absolute atomic E-state index is 11.6. The van der Waals surface area contributed by atoms with Crippen LogP contribution in [0.15, 0.2) is 0 Å². The predicted octanol–water partition coefficient (Wildman–Crippen LogP) is 0.0661. The molecule has 1 atom stereocenters. The van der Waals surface area contributed by atoms with Crippen molar-refractivity contribution in [2.45, 2.75) is 26.3 Å². The van der Waals surface area contributed by atoms with Gasteiger partial charge in [-0.05, 0) is 19.9 Å². The van der Waals surface area contributed by atoms with Crippen molar-refractivity contribution in [2.75, 3.05) is 20.1 Å². The van der Waals surface area contributed by atoms with E-state index < -0.39 is 18.0 Å². The van der Waals surface area contributed by atoms with Gasteiger partial charge in [-0.2, -0.15) is 5.26 Å². The number of hydrogen-bond acceptors (Lipinski definition) is 4. The van der Waals surface area contributed by atoms with E-state index in [1.165, 1.54) is 7.05 Å². The van der Waals surface area contributed by atoms with Gasteiger partial charge in [0.15, 0.2) is 0 Å². The summed E-state index contributed by atoms with van der Waals surface area (Å²) in [7, 11) is 1.44. The fourth-order valence-electron chi connectivity index (χ4n) is 1.23. The van der Waals surface area contributed by atoms with Crippen LogP contribution >= 0.6 is 0 Å². The molecule has 0 saturated carbocycles. The second kappa shape index (κ2) is 7.65. The van der Waals surface area contributed by atoms with Crippen LogP contribution in [0.25, 0.3) is 0 Å². The molecule has 90 valence electrons. The van der Waals surface area contributed by atoms with Crippen LogP contribution in [-0.2, 0) is 4.79 Å². The zero-order chi connectivity index (χ0) is 12.6. The van der Waals surface area contributed by atoms with Gasteiger partial charge < -0.3 is 5.32 Å². The minimum Gasteiger partial charge on any atom is -0.341 e. The van der Waals surface area contributed by atoms with Gasteiger partial charge in [0.05, 0.1) is 18.7 Å². The molecule has 0 aliphatic rings. The van der Waals surface area contributed by atoms with E-state index in [2.05, 4.69) is 10.6 Å². The minimum atomic E-state index is -0.537. The highest BCUT2D eigenvalue weighted by atomic mass is 16.2. The molecule has 3 amide bonds. The van der Waals surface area contributed by atoms with Crippen molar-refractivity contribution in [3.8, 4) is 6.07 Å². The lowest BCUT2D eigenvalue weighted by molar-refractivity contribution is -0.124. The molecule has 6 heteroatoms. The van der Waals surface area contributed by atoms with E-state index in [0.29, 0.717) is 6.54 Å². The van der Waals surface area contributed by atoms with E-state index in [9.17, 15) is 9.59 Å². The summed E-state index contributed by atoms with van der Waals surface area (Å²) in [6, 6.07) is 0.975. The second-order valence-corrected chi connectivity index (χ2v) is 3.37. The topological polar surface area (TPSA) is 85.2 Å². The van der Waals surface area contributed by atoms with Crippen molar-refractivity contribution in [1.29, 1.82) is 5.26 Å². The van der Waals surface area contributed by atoms with Crippen LogP contribution in [0.1, 0.15) is 20.3 Å². The molecule has 0 rings (SSSR count). The Bertz CT molecular complexity index is 285. The number of hydrogen-bond donors (Lipinski definition) is 2. The molecule has 16 heavy (non-hydrogen) atoms. The summed E-state index contributed by atoms with van der Waals surface area (Å²) in [5.74, 6) is -0.400. The summed E-state index contributed by atoms with van der Waals surface area (Å²) < 4.78 is 0. The lowest BCUT2D eigenvalue weighted by Crippen LogP contribution is -2.49. The fraction of sp³-hybridized carbons (Fsp3) is 0.700. The Morgan fingerprint density at radius 2 is 2.12 bits per heavy atom. The maximum Gasteiger partial charge on any atom is 0.321 e. The lowest BCUT2D eigenvalue weighted by Gasteiger charge is -2.24. The molecule has 0 aromatic heterocycles. The third kappa shape index (κ3) is 4.75. The molecule has 0 radical (unpaired) electrons. The van der Waals surface area contributed by atoms with Crippen LogP contribution in [0.3, 0.4) is 0 Å². The lowest BCUT2D eigenvalue weighted by atomic mass is 10.2. The van der Waals surface area contributed by atoms with Gasteiger partial charge in [-0.1, -0.05) is 6.92 Å². The van der Waals surface area contributed by atoms with Gasteiger partial charge in [0.2, 0.25) is 5.91 Å². The standard InChI is InChI=1S/C10H18N4O2/c1-4-6-14(7-5-11)8(2)9(15)13-10(16)12-3/h8H,4,6-7H2,1-3H3,(H2,12,13,15,16). The Labute approximate surface area is 95.6 Å². The number of nitriles is 1. The SMILES string of the molecule is CCCN(CC#N)C(C)C(=O)NC(=O)NC. The molecular weight excluding hydrogens is 208 g/mol. The Balaban J connectivity index is 4.36. The van der Waals surface area contributed by atoms with Gasteiger partial charge in [0.1, 0.15) is 0 Å². The third-order valence-electron chi connectivity index (χ3n) is 2.18. The van der Waals surface area contributed by atoms with E-state index >= 15 is 0 Å². The fourth-order valence-corrected chi connectivity index (χ4v) is 1.23. The monoisotopic (exact) mass is 226 g/mol. The molecule has 2 N–H and O–H groups in total. The van der Waals surface area contributed by atoms with Crippen molar-refractivity contribution in [3.63, 3.8) is 0 Å². The van der Waals surface area contributed by atoms with E-state index in [1.807, 2.05) is 13.0 Å². The van der Waals surface area contributed by atoms with Crippen molar-refractivity contribution < 1.29 is 9.59 Å². The molecule has 0 bridgehead atoms. The van der Waals surface area contributed by atoms with Crippen LogP contribution in [0.2, 0.25) is 0 Å². The maximum atomic E-state index is 11.6. The molecular formula is C10H18N4O2. The summed E-state index contributed by atoms with van der Waals surface area (Å²) >= 11 is 0.